The highest BCUT2D eigenvalue weighted by molar-refractivity contribution is 5.74. The molecule has 2 aliphatic heterocycles. The number of hydrogen-bond acceptors (Lipinski definition) is 5. The van der Waals surface area contributed by atoms with Gasteiger partial charge in [0.15, 0.2) is 0 Å². The molecule has 0 aliphatic carbocycles. The molecule has 4 rings (SSSR count). The normalized spacial score (nSPS) is 21.3. The maximum atomic E-state index is 12.5. The van der Waals surface area contributed by atoms with E-state index in [-0.39, 0.29) is 11.4 Å². The zero-order valence-corrected chi connectivity index (χ0v) is 18.0. The van der Waals surface area contributed by atoms with E-state index in [2.05, 4.69) is 55.3 Å². The highest BCUT2D eigenvalue weighted by atomic mass is 16.5. The van der Waals surface area contributed by atoms with Gasteiger partial charge in [-0.3, -0.25) is 4.90 Å². The number of nitrogens with one attached hydrogen (secondary N) is 1. The van der Waals surface area contributed by atoms with Crippen LogP contribution in [0.4, 0.5) is 4.79 Å². The number of piperidine rings is 1. The predicted molar refractivity (Wildman–Crippen MR) is 114 cm³/mol. The largest absolute Gasteiger partial charge is 0.383 e. The van der Waals surface area contributed by atoms with Crippen LogP contribution >= 0.6 is 0 Å². The number of methoxy groups -OCH3 is 1. The fourth-order valence-corrected chi connectivity index (χ4v) is 5.03. The summed E-state index contributed by atoms with van der Waals surface area (Å²) < 4.78 is 7.09. The van der Waals surface area contributed by atoms with Crippen molar-refractivity contribution in [2.75, 3.05) is 46.4 Å². The molecule has 0 radical (unpaired) electrons. The van der Waals surface area contributed by atoms with Crippen LogP contribution in [0.3, 0.4) is 0 Å². The van der Waals surface area contributed by atoms with E-state index >= 15 is 0 Å². The second kappa shape index (κ2) is 9.14. The van der Waals surface area contributed by atoms with Crippen molar-refractivity contribution in [2.24, 2.45) is 12.5 Å². The summed E-state index contributed by atoms with van der Waals surface area (Å²) in [5.41, 5.74) is 1.46. The monoisotopic (exact) mass is 412 g/mol. The van der Waals surface area contributed by atoms with Crippen molar-refractivity contribution in [1.29, 1.82) is 0 Å². The second-order valence-corrected chi connectivity index (χ2v) is 8.58. The van der Waals surface area contributed by atoms with E-state index in [1.165, 1.54) is 5.56 Å². The quantitative estimate of drug-likeness (QED) is 0.733. The van der Waals surface area contributed by atoms with E-state index in [0.29, 0.717) is 19.1 Å². The van der Waals surface area contributed by atoms with Crippen LogP contribution < -0.4 is 5.32 Å². The summed E-state index contributed by atoms with van der Waals surface area (Å²) in [7, 11) is 3.67. The summed E-state index contributed by atoms with van der Waals surface area (Å²) in [6, 6.07) is 10.6. The summed E-state index contributed by atoms with van der Waals surface area (Å²) in [6.45, 7) is 5.56. The van der Waals surface area contributed by atoms with Crippen molar-refractivity contribution < 1.29 is 9.53 Å². The maximum absolute atomic E-state index is 12.5. The Hall–Kier alpha value is -2.45. The maximum Gasteiger partial charge on any atom is 0.317 e. The van der Waals surface area contributed by atoms with Crippen LogP contribution in [0.5, 0.6) is 0 Å². The number of ether oxygens (including phenoxy) is 1. The van der Waals surface area contributed by atoms with E-state index < -0.39 is 0 Å². The zero-order chi connectivity index (χ0) is 21.0. The summed E-state index contributed by atoms with van der Waals surface area (Å²) in [4.78, 5) is 17.0. The van der Waals surface area contributed by atoms with Gasteiger partial charge in [-0.2, -0.15) is 0 Å². The molecule has 2 aliphatic rings. The van der Waals surface area contributed by atoms with Crippen LogP contribution in [0.25, 0.3) is 0 Å². The number of benzene rings is 1. The molecule has 2 amide bonds. The second-order valence-electron chi connectivity index (χ2n) is 8.58. The van der Waals surface area contributed by atoms with Gasteiger partial charge in [-0.25, -0.2) is 4.79 Å². The molecule has 162 valence electrons. The van der Waals surface area contributed by atoms with Crippen molar-refractivity contribution in [3.63, 3.8) is 0 Å². The number of nitrogens with zero attached hydrogens (tertiary/aromatic N) is 5. The van der Waals surface area contributed by atoms with Crippen LogP contribution in [0.2, 0.25) is 0 Å². The van der Waals surface area contributed by atoms with Gasteiger partial charge in [-0.1, -0.05) is 30.3 Å². The molecule has 1 N–H and O–H groups in total. The number of hydrogen-bond donors (Lipinski definition) is 1. The molecule has 30 heavy (non-hydrogen) atoms. The summed E-state index contributed by atoms with van der Waals surface area (Å²) in [5, 5.41) is 11.6. The summed E-state index contributed by atoms with van der Waals surface area (Å²) in [5.74, 6) is 1.39. The number of aromatic nitrogens is 3. The molecule has 0 bridgehead atoms. The zero-order valence-electron chi connectivity index (χ0n) is 18.0. The van der Waals surface area contributed by atoms with Gasteiger partial charge >= 0.3 is 6.03 Å². The molecule has 2 aromatic rings. The molecular formula is C22H32N6O2. The van der Waals surface area contributed by atoms with Gasteiger partial charge in [0, 0.05) is 59.3 Å². The van der Waals surface area contributed by atoms with Gasteiger partial charge < -0.3 is 19.5 Å². The van der Waals surface area contributed by atoms with Gasteiger partial charge in [-0.15, -0.1) is 10.2 Å². The molecule has 1 spiro atoms. The number of amides is 2. The average molecular weight is 413 g/mol. The molecule has 8 heteroatoms. The van der Waals surface area contributed by atoms with Crippen molar-refractivity contribution in [3.05, 3.63) is 48.0 Å². The first-order valence-corrected chi connectivity index (χ1v) is 10.7. The molecule has 1 aromatic heterocycles. The Kier molecular flexibility index (Phi) is 6.34. The van der Waals surface area contributed by atoms with Gasteiger partial charge in [0.05, 0.1) is 6.61 Å². The number of likely N-dealkylation sites (tertiary alicyclic amines) is 2. The average Bonchev–Trinajstić information content (AvgIpc) is 3.32. The minimum atomic E-state index is 0.0104. The first-order chi connectivity index (χ1) is 14.6. The third-order valence-electron chi connectivity index (χ3n) is 6.65. The Morgan fingerprint density at radius 2 is 2.03 bits per heavy atom. The molecule has 1 atom stereocenters. The number of urea groups is 1. The smallest absolute Gasteiger partial charge is 0.317 e. The van der Waals surface area contributed by atoms with Crippen LogP contribution in [0.15, 0.2) is 36.7 Å². The lowest BCUT2D eigenvalue weighted by atomic mass is 9.70. The van der Waals surface area contributed by atoms with E-state index in [1.807, 2.05) is 11.9 Å². The first kappa shape index (κ1) is 20.8. The molecule has 3 heterocycles. The minimum Gasteiger partial charge on any atom is -0.383 e. The molecule has 2 saturated heterocycles. The first-order valence-electron chi connectivity index (χ1n) is 10.7. The van der Waals surface area contributed by atoms with Crippen LogP contribution in [0, 0.1) is 5.41 Å². The highest BCUT2D eigenvalue weighted by Gasteiger charge is 2.50. The predicted octanol–water partition coefficient (Wildman–Crippen LogP) is 1.85. The van der Waals surface area contributed by atoms with Crippen LogP contribution in [0.1, 0.15) is 30.1 Å². The number of rotatable bonds is 6. The lowest BCUT2D eigenvalue weighted by Gasteiger charge is -2.42. The fraction of sp³-hybridized carbons (Fsp3) is 0.591. The highest BCUT2D eigenvalue weighted by Crippen LogP contribution is 2.49. The number of carbonyl (C=O) groups is 1. The molecule has 1 aromatic carbocycles. The topological polar surface area (TPSA) is 75.5 Å². The lowest BCUT2D eigenvalue weighted by molar-refractivity contribution is 0.105. The van der Waals surface area contributed by atoms with Crippen LogP contribution in [-0.2, 0) is 18.3 Å². The SMILES string of the molecule is COCCNC(=O)N1CCC2(CC1)CN(Cc1ccccc1)CC2c1nncn1C. The molecule has 8 nitrogen and oxygen atoms in total. The minimum absolute atomic E-state index is 0.0104. The standard InChI is InChI=1S/C22H32N6O2/c1-26-17-24-25-20(26)19-15-27(14-18-6-4-3-5-7-18)16-22(19)8-11-28(12-9-22)21(29)23-10-13-30-2/h3-7,17,19H,8-16H2,1-2H3,(H,23,29). The Bertz CT molecular complexity index is 831. The van der Waals surface area contributed by atoms with Gasteiger partial charge in [0.2, 0.25) is 0 Å². The Morgan fingerprint density at radius 3 is 2.70 bits per heavy atom. The van der Waals surface area contributed by atoms with E-state index in [1.54, 1.807) is 13.4 Å². The third-order valence-corrected chi connectivity index (χ3v) is 6.65. The number of aryl methyl sites for hydroxylation is 1. The summed E-state index contributed by atoms with van der Waals surface area (Å²) in [6.07, 6.45) is 3.75. The molecule has 1 unspecified atom stereocenters. The summed E-state index contributed by atoms with van der Waals surface area (Å²) >= 11 is 0. The Morgan fingerprint density at radius 1 is 1.27 bits per heavy atom. The number of carbonyl (C=O) groups excluding carboxylic acids is 1. The Balaban J connectivity index is 1.47. The van der Waals surface area contributed by atoms with E-state index in [4.69, 9.17) is 4.74 Å². The van der Waals surface area contributed by atoms with E-state index in [9.17, 15) is 4.79 Å². The van der Waals surface area contributed by atoms with Crippen LogP contribution in [-0.4, -0.2) is 77.0 Å². The molecule has 2 fully saturated rings. The lowest BCUT2D eigenvalue weighted by Crippen LogP contribution is -2.49. The Labute approximate surface area is 178 Å². The fourth-order valence-electron chi connectivity index (χ4n) is 5.03. The van der Waals surface area contributed by atoms with Crippen molar-refractivity contribution >= 4 is 6.03 Å². The third kappa shape index (κ3) is 4.34. The van der Waals surface area contributed by atoms with Gasteiger partial charge in [0.25, 0.3) is 0 Å². The van der Waals surface area contributed by atoms with Crippen molar-refractivity contribution in [3.8, 4) is 0 Å². The van der Waals surface area contributed by atoms with Crippen molar-refractivity contribution in [2.45, 2.75) is 25.3 Å². The molecular weight excluding hydrogens is 380 g/mol. The van der Waals surface area contributed by atoms with Gasteiger partial charge in [-0.05, 0) is 23.8 Å². The molecule has 0 saturated carbocycles. The van der Waals surface area contributed by atoms with Gasteiger partial charge in [0.1, 0.15) is 12.2 Å². The van der Waals surface area contributed by atoms with Crippen molar-refractivity contribution in [1.82, 2.24) is 29.9 Å². The van der Waals surface area contributed by atoms with E-state index in [0.717, 1.165) is 51.4 Å².